The molecule has 0 saturated heterocycles. The number of carbonyl (C=O) groups excluding carboxylic acids is 2. The number of ether oxygens (including phenoxy) is 2. The number of methoxy groups -OCH3 is 1. The predicted molar refractivity (Wildman–Crippen MR) is 92.6 cm³/mol. The molecule has 1 N–H and O–H groups in total. The van der Waals surface area contributed by atoms with E-state index in [1.807, 2.05) is 6.92 Å². The SMILES string of the molecule is CC[C@H](Oc1cccc(Cl)c1)C(=O)Nc1ccccc1C(=O)OC. The van der Waals surface area contributed by atoms with Crippen LogP contribution in [-0.2, 0) is 9.53 Å². The Labute approximate surface area is 145 Å². The van der Waals surface area contributed by atoms with Crippen LogP contribution in [0.4, 0.5) is 5.69 Å². The van der Waals surface area contributed by atoms with Crippen molar-refractivity contribution in [2.45, 2.75) is 19.4 Å². The molecule has 2 aromatic rings. The van der Waals surface area contributed by atoms with Gasteiger partial charge in [0.25, 0.3) is 5.91 Å². The summed E-state index contributed by atoms with van der Waals surface area (Å²) in [5.41, 5.74) is 0.661. The fourth-order valence-corrected chi connectivity index (χ4v) is 2.30. The molecule has 0 saturated carbocycles. The molecule has 2 aromatic carbocycles. The van der Waals surface area contributed by atoms with E-state index in [2.05, 4.69) is 5.32 Å². The molecule has 0 bridgehead atoms. The zero-order valence-corrected chi connectivity index (χ0v) is 14.2. The molecule has 0 heterocycles. The van der Waals surface area contributed by atoms with E-state index in [1.54, 1.807) is 48.5 Å². The normalized spacial score (nSPS) is 11.5. The van der Waals surface area contributed by atoms with Crippen molar-refractivity contribution in [2.24, 2.45) is 0 Å². The Kier molecular flexibility index (Phi) is 6.21. The van der Waals surface area contributed by atoms with Crippen molar-refractivity contribution >= 4 is 29.2 Å². The smallest absolute Gasteiger partial charge is 0.339 e. The van der Waals surface area contributed by atoms with Gasteiger partial charge in [-0.1, -0.05) is 36.7 Å². The van der Waals surface area contributed by atoms with Crippen LogP contribution in [0.2, 0.25) is 5.02 Å². The summed E-state index contributed by atoms with van der Waals surface area (Å²) in [5, 5.41) is 3.24. The summed E-state index contributed by atoms with van der Waals surface area (Å²) in [6, 6.07) is 13.5. The summed E-state index contributed by atoms with van der Waals surface area (Å²) in [6.07, 6.45) is -0.257. The molecule has 0 aromatic heterocycles. The van der Waals surface area contributed by atoms with Crippen LogP contribution in [0.1, 0.15) is 23.7 Å². The van der Waals surface area contributed by atoms with Gasteiger partial charge in [0.05, 0.1) is 18.4 Å². The van der Waals surface area contributed by atoms with Crippen molar-refractivity contribution in [3.8, 4) is 5.75 Å². The van der Waals surface area contributed by atoms with Crippen molar-refractivity contribution in [3.63, 3.8) is 0 Å². The van der Waals surface area contributed by atoms with E-state index in [0.29, 0.717) is 22.9 Å². The summed E-state index contributed by atoms with van der Waals surface area (Å²) in [5.74, 6) is -0.366. The van der Waals surface area contributed by atoms with E-state index in [0.717, 1.165) is 0 Å². The van der Waals surface area contributed by atoms with E-state index in [1.165, 1.54) is 7.11 Å². The molecule has 0 spiro atoms. The molecule has 2 rings (SSSR count). The van der Waals surface area contributed by atoms with Crippen molar-refractivity contribution in [1.29, 1.82) is 0 Å². The number of anilines is 1. The molecule has 0 radical (unpaired) electrons. The summed E-state index contributed by atoms with van der Waals surface area (Å²) < 4.78 is 10.4. The average Bonchev–Trinajstić information content (AvgIpc) is 2.59. The number of halogens is 1. The minimum atomic E-state index is -0.714. The van der Waals surface area contributed by atoms with Crippen LogP contribution >= 0.6 is 11.6 Å². The molecule has 0 aliphatic carbocycles. The van der Waals surface area contributed by atoms with Gasteiger partial charge in [0, 0.05) is 5.02 Å². The number of hydrogen-bond donors (Lipinski definition) is 1. The van der Waals surface area contributed by atoms with E-state index in [4.69, 9.17) is 21.1 Å². The summed E-state index contributed by atoms with van der Waals surface area (Å²) in [7, 11) is 1.29. The lowest BCUT2D eigenvalue weighted by molar-refractivity contribution is -0.122. The lowest BCUT2D eigenvalue weighted by Crippen LogP contribution is -2.33. The van der Waals surface area contributed by atoms with E-state index >= 15 is 0 Å². The maximum atomic E-state index is 12.5. The first-order valence-corrected chi connectivity index (χ1v) is 7.83. The Hall–Kier alpha value is -2.53. The minimum absolute atomic E-state index is 0.283. The molecule has 24 heavy (non-hydrogen) atoms. The number of rotatable bonds is 6. The standard InChI is InChI=1S/C18H18ClNO4/c1-3-16(24-13-8-6-7-12(19)11-13)17(21)20-15-10-5-4-9-14(15)18(22)23-2/h4-11,16H,3H2,1-2H3,(H,20,21)/t16-/m0/s1. The van der Waals surface area contributed by atoms with Crippen LogP contribution in [0.25, 0.3) is 0 Å². The van der Waals surface area contributed by atoms with Gasteiger partial charge in [-0.25, -0.2) is 4.79 Å². The number of hydrogen-bond acceptors (Lipinski definition) is 4. The molecular weight excluding hydrogens is 330 g/mol. The molecule has 126 valence electrons. The molecule has 6 heteroatoms. The highest BCUT2D eigenvalue weighted by molar-refractivity contribution is 6.30. The van der Waals surface area contributed by atoms with Crippen LogP contribution < -0.4 is 10.1 Å². The first kappa shape index (κ1) is 17.8. The Balaban J connectivity index is 2.14. The fraction of sp³-hybridized carbons (Fsp3) is 0.222. The Morgan fingerprint density at radius 2 is 1.92 bits per heavy atom. The molecular formula is C18H18ClNO4. The summed E-state index contributed by atoms with van der Waals surface area (Å²) in [4.78, 5) is 24.2. The number of para-hydroxylation sites is 1. The van der Waals surface area contributed by atoms with Gasteiger partial charge in [-0.3, -0.25) is 4.79 Å². The van der Waals surface area contributed by atoms with Crippen molar-refractivity contribution in [1.82, 2.24) is 0 Å². The monoisotopic (exact) mass is 347 g/mol. The van der Waals surface area contributed by atoms with Crippen LogP contribution in [0.3, 0.4) is 0 Å². The van der Waals surface area contributed by atoms with Gasteiger partial charge in [0.15, 0.2) is 6.10 Å². The quantitative estimate of drug-likeness (QED) is 0.804. The molecule has 0 unspecified atom stereocenters. The first-order chi connectivity index (χ1) is 11.5. The van der Waals surface area contributed by atoms with E-state index < -0.39 is 12.1 Å². The lowest BCUT2D eigenvalue weighted by Gasteiger charge is -2.18. The van der Waals surface area contributed by atoms with Gasteiger partial charge in [0.2, 0.25) is 0 Å². The number of esters is 1. The first-order valence-electron chi connectivity index (χ1n) is 7.45. The summed E-state index contributed by atoms with van der Waals surface area (Å²) >= 11 is 5.92. The van der Waals surface area contributed by atoms with Crippen LogP contribution in [0, 0.1) is 0 Å². The van der Waals surface area contributed by atoms with Crippen molar-refractivity contribution < 1.29 is 19.1 Å². The molecule has 0 aliphatic heterocycles. The predicted octanol–water partition coefficient (Wildman–Crippen LogP) is 3.92. The third kappa shape index (κ3) is 4.49. The highest BCUT2D eigenvalue weighted by atomic mass is 35.5. The zero-order valence-electron chi connectivity index (χ0n) is 13.4. The molecule has 0 aliphatic rings. The van der Waals surface area contributed by atoms with E-state index in [9.17, 15) is 9.59 Å². The highest BCUT2D eigenvalue weighted by Gasteiger charge is 2.21. The topological polar surface area (TPSA) is 64.6 Å². The maximum Gasteiger partial charge on any atom is 0.339 e. The van der Waals surface area contributed by atoms with Gasteiger partial charge < -0.3 is 14.8 Å². The Morgan fingerprint density at radius 1 is 1.17 bits per heavy atom. The number of amides is 1. The third-order valence-corrected chi connectivity index (χ3v) is 3.56. The van der Waals surface area contributed by atoms with Gasteiger partial charge in [-0.15, -0.1) is 0 Å². The number of benzene rings is 2. The second-order valence-corrected chi connectivity index (χ2v) is 5.43. The van der Waals surface area contributed by atoms with Crippen LogP contribution in [0.5, 0.6) is 5.75 Å². The molecule has 0 fully saturated rings. The second-order valence-electron chi connectivity index (χ2n) is 5.00. The van der Waals surface area contributed by atoms with Crippen LogP contribution in [0.15, 0.2) is 48.5 Å². The van der Waals surface area contributed by atoms with Gasteiger partial charge in [-0.2, -0.15) is 0 Å². The zero-order chi connectivity index (χ0) is 17.5. The fourth-order valence-electron chi connectivity index (χ4n) is 2.12. The lowest BCUT2D eigenvalue weighted by atomic mass is 10.1. The van der Waals surface area contributed by atoms with Gasteiger partial charge >= 0.3 is 5.97 Å². The molecule has 5 nitrogen and oxygen atoms in total. The Morgan fingerprint density at radius 3 is 2.58 bits per heavy atom. The minimum Gasteiger partial charge on any atom is -0.481 e. The molecule has 1 atom stereocenters. The van der Waals surface area contributed by atoms with Crippen molar-refractivity contribution in [2.75, 3.05) is 12.4 Å². The van der Waals surface area contributed by atoms with Crippen LogP contribution in [-0.4, -0.2) is 25.1 Å². The number of nitrogens with one attached hydrogen (secondary N) is 1. The maximum absolute atomic E-state index is 12.5. The highest BCUT2D eigenvalue weighted by Crippen LogP contribution is 2.21. The second kappa shape index (κ2) is 8.36. The number of carbonyl (C=O) groups is 2. The Bertz CT molecular complexity index is 732. The van der Waals surface area contributed by atoms with Crippen molar-refractivity contribution in [3.05, 3.63) is 59.1 Å². The molecule has 1 amide bonds. The largest absolute Gasteiger partial charge is 0.481 e. The van der Waals surface area contributed by atoms with E-state index in [-0.39, 0.29) is 11.5 Å². The third-order valence-electron chi connectivity index (χ3n) is 3.33. The van der Waals surface area contributed by atoms with Gasteiger partial charge in [0.1, 0.15) is 5.75 Å². The van der Waals surface area contributed by atoms with Gasteiger partial charge in [-0.05, 0) is 36.8 Å². The summed E-state index contributed by atoms with van der Waals surface area (Å²) in [6.45, 7) is 1.83. The average molecular weight is 348 g/mol.